The predicted molar refractivity (Wildman–Crippen MR) is 100 cm³/mol. The molecule has 0 spiro atoms. The molecule has 5 heteroatoms. The molecule has 2 N–H and O–H groups in total. The van der Waals surface area contributed by atoms with Crippen molar-refractivity contribution in [3.05, 3.63) is 35.4 Å². The second kappa shape index (κ2) is 9.18. The zero-order valence-corrected chi connectivity index (χ0v) is 15.3. The van der Waals surface area contributed by atoms with Crippen molar-refractivity contribution in [2.75, 3.05) is 26.0 Å². The van der Waals surface area contributed by atoms with E-state index < -0.39 is 0 Å². The molecule has 2 rings (SSSR count). The van der Waals surface area contributed by atoms with Crippen LogP contribution in [0.1, 0.15) is 37.8 Å². The summed E-state index contributed by atoms with van der Waals surface area (Å²) in [4.78, 5) is 4.75. The van der Waals surface area contributed by atoms with E-state index in [1.807, 2.05) is 6.07 Å². The second-order valence-corrected chi connectivity index (χ2v) is 7.83. The lowest BCUT2D eigenvalue weighted by Crippen LogP contribution is -2.43. The van der Waals surface area contributed by atoms with Crippen LogP contribution in [0.4, 0.5) is 0 Å². The maximum atomic E-state index is 5.27. The van der Waals surface area contributed by atoms with Gasteiger partial charge < -0.3 is 15.4 Å². The maximum absolute atomic E-state index is 5.27. The van der Waals surface area contributed by atoms with E-state index in [0.717, 1.165) is 19.0 Å². The molecule has 0 saturated carbocycles. The zero-order valence-electron chi connectivity index (χ0n) is 14.5. The first-order valence-corrected chi connectivity index (χ1v) is 9.37. The molecular formula is C18H29N3OS. The van der Waals surface area contributed by atoms with Gasteiger partial charge in [0.25, 0.3) is 0 Å². The monoisotopic (exact) mass is 335 g/mol. The number of nitrogens with zero attached hydrogens (tertiary/aromatic N) is 1. The molecule has 0 aromatic heterocycles. The van der Waals surface area contributed by atoms with E-state index in [9.17, 15) is 0 Å². The highest BCUT2D eigenvalue weighted by Crippen LogP contribution is 2.36. The van der Waals surface area contributed by atoms with E-state index >= 15 is 0 Å². The fraction of sp³-hybridized carbons (Fsp3) is 0.611. The third kappa shape index (κ3) is 5.74. The van der Waals surface area contributed by atoms with Gasteiger partial charge in [-0.25, -0.2) is 4.99 Å². The normalized spacial score (nSPS) is 21.4. The SMILES string of the molecule is CCNC(=NCc1ccccc1COC)NCC1(C)CCCS1. The highest BCUT2D eigenvalue weighted by Gasteiger charge is 2.29. The molecule has 1 heterocycles. The molecule has 4 nitrogen and oxygen atoms in total. The Bertz CT molecular complexity index is 513. The molecule has 128 valence electrons. The largest absolute Gasteiger partial charge is 0.380 e. The van der Waals surface area contributed by atoms with Gasteiger partial charge in [-0.05, 0) is 43.6 Å². The van der Waals surface area contributed by atoms with Crippen molar-refractivity contribution in [1.29, 1.82) is 0 Å². The molecule has 1 aliphatic heterocycles. The minimum Gasteiger partial charge on any atom is -0.380 e. The average Bonchev–Trinajstić information content (AvgIpc) is 2.99. The van der Waals surface area contributed by atoms with Crippen molar-refractivity contribution in [2.24, 2.45) is 4.99 Å². The van der Waals surface area contributed by atoms with Crippen molar-refractivity contribution in [3.63, 3.8) is 0 Å². The summed E-state index contributed by atoms with van der Waals surface area (Å²) in [6.45, 7) is 7.57. The number of nitrogens with one attached hydrogen (secondary N) is 2. The van der Waals surface area contributed by atoms with E-state index in [1.54, 1.807) is 7.11 Å². The lowest BCUT2D eigenvalue weighted by Gasteiger charge is -2.24. The number of guanidine groups is 1. The number of aliphatic imine (C=N–C) groups is 1. The van der Waals surface area contributed by atoms with Crippen molar-refractivity contribution >= 4 is 17.7 Å². The van der Waals surface area contributed by atoms with Gasteiger partial charge in [-0.1, -0.05) is 24.3 Å². The Balaban J connectivity index is 1.98. The molecule has 0 bridgehead atoms. The molecule has 23 heavy (non-hydrogen) atoms. The summed E-state index contributed by atoms with van der Waals surface area (Å²) in [5, 5.41) is 6.86. The van der Waals surface area contributed by atoms with E-state index in [2.05, 4.69) is 54.4 Å². The predicted octanol–water partition coefficient (Wildman–Crippen LogP) is 3.17. The van der Waals surface area contributed by atoms with Crippen LogP contribution in [0, 0.1) is 0 Å². The van der Waals surface area contributed by atoms with Crippen molar-refractivity contribution < 1.29 is 4.74 Å². The molecule has 0 aliphatic carbocycles. The van der Waals surface area contributed by atoms with Crippen LogP contribution in [0.15, 0.2) is 29.3 Å². The highest BCUT2D eigenvalue weighted by molar-refractivity contribution is 8.00. The van der Waals surface area contributed by atoms with Gasteiger partial charge in [-0.15, -0.1) is 0 Å². The summed E-state index contributed by atoms with van der Waals surface area (Å²) in [7, 11) is 1.73. The number of hydrogen-bond donors (Lipinski definition) is 2. The van der Waals surface area contributed by atoms with Crippen LogP contribution < -0.4 is 10.6 Å². The van der Waals surface area contributed by atoms with E-state index in [0.29, 0.717) is 17.9 Å². The Kier molecular flexibility index (Phi) is 7.24. The van der Waals surface area contributed by atoms with Crippen LogP contribution in [0.5, 0.6) is 0 Å². The van der Waals surface area contributed by atoms with Gasteiger partial charge in [0.05, 0.1) is 13.2 Å². The molecule has 0 radical (unpaired) electrons. The van der Waals surface area contributed by atoms with Gasteiger partial charge in [0.2, 0.25) is 0 Å². The number of ether oxygens (including phenoxy) is 1. The van der Waals surface area contributed by atoms with Crippen LogP contribution in [0.2, 0.25) is 0 Å². The van der Waals surface area contributed by atoms with Gasteiger partial charge in [-0.3, -0.25) is 0 Å². The lowest BCUT2D eigenvalue weighted by atomic mass is 10.1. The lowest BCUT2D eigenvalue weighted by molar-refractivity contribution is 0.184. The number of rotatable bonds is 7. The summed E-state index contributed by atoms with van der Waals surface area (Å²) in [6.07, 6.45) is 2.60. The molecular weight excluding hydrogens is 306 g/mol. The average molecular weight is 336 g/mol. The van der Waals surface area contributed by atoms with Crippen LogP contribution >= 0.6 is 11.8 Å². The Labute approximate surface area is 144 Å². The summed E-state index contributed by atoms with van der Waals surface area (Å²) in [6, 6.07) is 8.32. The van der Waals surface area contributed by atoms with Crippen LogP contribution in [-0.4, -0.2) is 36.7 Å². The van der Waals surface area contributed by atoms with Crippen LogP contribution in [0.3, 0.4) is 0 Å². The highest BCUT2D eigenvalue weighted by atomic mass is 32.2. The summed E-state index contributed by atoms with van der Waals surface area (Å²) in [5.74, 6) is 2.17. The van der Waals surface area contributed by atoms with Gasteiger partial charge in [0, 0.05) is 24.9 Å². The molecule has 0 amide bonds. The topological polar surface area (TPSA) is 45.7 Å². The summed E-state index contributed by atoms with van der Waals surface area (Å²) < 4.78 is 5.61. The van der Waals surface area contributed by atoms with Crippen LogP contribution in [0.25, 0.3) is 0 Å². The third-order valence-electron chi connectivity index (χ3n) is 4.10. The first-order chi connectivity index (χ1) is 11.2. The Morgan fingerprint density at radius 3 is 2.74 bits per heavy atom. The van der Waals surface area contributed by atoms with E-state index in [1.165, 1.54) is 29.7 Å². The fourth-order valence-corrected chi connectivity index (χ4v) is 4.01. The number of hydrogen-bond acceptors (Lipinski definition) is 3. The quantitative estimate of drug-likeness (QED) is 0.593. The van der Waals surface area contributed by atoms with E-state index in [-0.39, 0.29) is 0 Å². The molecule has 1 fully saturated rings. The molecule has 1 aromatic rings. The first-order valence-electron chi connectivity index (χ1n) is 8.39. The summed E-state index contributed by atoms with van der Waals surface area (Å²) >= 11 is 2.07. The standard InChI is InChI=1S/C18H29N3OS/c1-4-19-17(21-14-18(2)10-7-11-23-18)20-12-15-8-5-6-9-16(15)13-22-3/h5-6,8-9H,4,7,10-14H2,1-3H3,(H2,19,20,21). The first kappa shape index (κ1) is 18.1. The smallest absolute Gasteiger partial charge is 0.191 e. The molecule has 1 unspecified atom stereocenters. The van der Waals surface area contributed by atoms with Gasteiger partial charge in [-0.2, -0.15) is 11.8 Å². The number of methoxy groups -OCH3 is 1. The van der Waals surface area contributed by atoms with Gasteiger partial charge >= 0.3 is 0 Å². The third-order valence-corrected chi connectivity index (χ3v) is 5.64. The van der Waals surface area contributed by atoms with Crippen molar-refractivity contribution in [3.8, 4) is 0 Å². The van der Waals surface area contributed by atoms with Gasteiger partial charge in [0.15, 0.2) is 5.96 Å². The maximum Gasteiger partial charge on any atom is 0.191 e. The second-order valence-electron chi connectivity index (χ2n) is 6.15. The molecule has 1 aliphatic rings. The number of thioether (sulfide) groups is 1. The summed E-state index contributed by atoms with van der Waals surface area (Å²) in [5.41, 5.74) is 2.42. The van der Waals surface area contributed by atoms with E-state index in [4.69, 9.17) is 9.73 Å². The zero-order chi connectivity index (χ0) is 16.5. The molecule has 1 saturated heterocycles. The minimum atomic E-state index is 0.337. The Morgan fingerprint density at radius 2 is 2.09 bits per heavy atom. The fourth-order valence-electron chi connectivity index (χ4n) is 2.76. The number of benzene rings is 1. The van der Waals surface area contributed by atoms with Crippen molar-refractivity contribution in [1.82, 2.24) is 10.6 Å². The molecule has 1 aromatic carbocycles. The molecule has 1 atom stereocenters. The van der Waals surface area contributed by atoms with Crippen molar-refractivity contribution in [2.45, 2.75) is 44.6 Å². The Hall–Kier alpha value is -1.20. The Morgan fingerprint density at radius 1 is 1.30 bits per heavy atom. The van der Waals surface area contributed by atoms with Crippen LogP contribution in [-0.2, 0) is 17.9 Å². The van der Waals surface area contributed by atoms with Gasteiger partial charge in [0.1, 0.15) is 0 Å². The minimum absolute atomic E-state index is 0.337.